The van der Waals surface area contributed by atoms with E-state index in [0.717, 1.165) is 4.60 Å². The Morgan fingerprint density at radius 2 is 2.62 bits per heavy atom. The molecule has 0 aliphatic carbocycles. The molecule has 2 heterocycles. The predicted molar refractivity (Wildman–Crippen MR) is 60.8 cm³/mol. The lowest BCUT2D eigenvalue weighted by molar-refractivity contribution is -0.117. The van der Waals surface area contributed by atoms with Crippen molar-refractivity contribution in [2.75, 3.05) is 18.0 Å². The SMILES string of the molecule is [N-]=[N+]=NCC1CC(=O)N(c2cc(Br)[nH]n2)C1. The van der Waals surface area contributed by atoms with E-state index in [-0.39, 0.29) is 11.8 Å². The van der Waals surface area contributed by atoms with E-state index in [1.807, 2.05) is 0 Å². The number of nitrogens with zero attached hydrogens (tertiary/aromatic N) is 5. The van der Waals surface area contributed by atoms with Crippen LogP contribution in [0, 0.1) is 5.92 Å². The first-order valence-electron chi connectivity index (χ1n) is 4.73. The van der Waals surface area contributed by atoms with Gasteiger partial charge in [-0.3, -0.25) is 14.8 Å². The van der Waals surface area contributed by atoms with Crippen molar-refractivity contribution in [3.63, 3.8) is 0 Å². The minimum Gasteiger partial charge on any atom is -0.295 e. The van der Waals surface area contributed by atoms with Gasteiger partial charge in [0.05, 0.1) is 0 Å². The van der Waals surface area contributed by atoms with Crippen LogP contribution in [0.15, 0.2) is 15.8 Å². The maximum atomic E-state index is 11.7. The van der Waals surface area contributed by atoms with Crippen LogP contribution in [-0.4, -0.2) is 29.2 Å². The van der Waals surface area contributed by atoms with Gasteiger partial charge < -0.3 is 0 Å². The fourth-order valence-corrected chi connectivity index (χ4v) is 2.00. The predicted octanol–water partition coefficient (Wildman–Crippen LogP) is 1.84. The van der Waals surface area contributed by atoms with Crippen LogP contribution in [0.4, 0.5) is 5.82 Å². The minimum absolute atomic E-state index is 0.0112. The highest BCUT2D eigenvalue weighted by atomic mass is 79.9. The first-order valence-corrected chi connectivity index (χ1v) is 5.52. The van der Waals surface area contributed by atoms with Crippen LogP contribution < -0.4 is 4.90 Å². The smallest absolute Gasteiger partial charge is 0.228 e. The molecule has 1 aliphatic rings. The van der Waals surface area contributed by atoms with Crippen molar-refractivity contribution >= 4 is 27.7 Å². The number of hydrogen-bond donors (Lipinski definition) is 1. The summed E-state index contributed by atoms with van der Waals surface area (Å²) in [7, 11) is 0. The number of anilines is 1. The van der Waals surface area contributed by atoms with Crippen LogP contribution in [0.1, 0.15) is 6.42 Å². The quantitative estimate of drug-likeness (QED) is 0.520. The van der Waals surface area contributed by atoms with Gasteiger partial charge in [-0.2, -0.15) is 5.10 Å². The normalized spacial score (nSPS) is 19.9. The van der Waals surface area contributed by atoms with Crippen molar-refractivity contribution in [2.45, 2.75) is 6.42 Å². The van der Waals surface area contributed by atoms with Crippen LogP contribution in [0.25, 0.3) is 10.4 Å². The zero-order valence-corrected chi connectivity index (χ0v) is 9.88. The molecule has 1 amide bonds. The monoisotopic (exact) mass is 284 g/mol. The van der Waals surface area contributed by atoms with Gasteiger partial charge in [0.1, 0.15) is 4.60 Å². The van der Waals surface area contributed by atoms with E-state index in [9.17, 15) is 4.79 Å². The highest BCUT2D eigenvalue weighted by Crippen LogP contribution is 2.25. The number of nitrogens with one attached hydrogen (secondary N) is 1. The molecule has 0 bridgehead atoms. The second-order valence-corrected chi connectivity index (χ2v) is 4.42. The summed E-state index contributed by atoms with van der Waals surface area (Å²) < 4.78 is 0.730. The number of carbonyl (C=O) groups is 1. The Hall–Kier alpha value is -1.53. The minimum atomic E-state index is 0.0112. The van der Waals surface area contributed by atoms with E-state index in [4.69, 9.17) is 5.53 Å². The zero-order valence-electron chi connectivity index (χ0n) is 8.30. The maximum Gasteiger partial charge on any atom is 0.228 e. The molecule has 16 heavy (non-hydrogen) atoms. The van der Waals surface area contributed by atoms with Gasteiger partial charge in [-0.05, 0) is 27.4 Å². The van der Waals surface area contributed by atoms with E-state index in [1.165, 1.54) is 0 Å². The summed E-state index contributed by atoms with van der Waals surface area (Å²) in [5, 5.41) is 10.2. The topological polar surface area (TPSA) is 97.8 Å². The van der Waals surface area contributed by atoms with Crippen LogP contribution in [-0.2, 0) is 4.79 Å². The summed E-state index contributed by atoms with van der Waals surface area (Å²) in [6.07, 6.45) is 0.406. The average Bonchev–Trinajstić information content (AvgIpc) is 2.82. The summed E-state index contributed by atoms with van der Waals surface area (Å²) in [5.41, 5.74) is 8.22. The average molecular weight is 285 g/mol. The molecule has 1 aromatic rings. The molecule has 1 fully saturated rings. The third-order valence-electron chi connectivity index (χ3n) is 2.42. The number of hydrogen-bond acceptors (Lipinski definition) is 3. The Morgan fingerprint density at radius 3 is 3.25 bits per heavy atom. The molecule has 1 aromatic heterocycles. The van der Waals surface area contributed by atoms with Gasteiger partial charge in [-0.1, -0.05) is 5.11 Å². The Morgan fingerprint density at radius 1 is 1.81 bits per heavy atom. The van der Waals surface area contributed by atoms with Crippen molar-refractivity contribution in [2.24, 2.45) is 11.0 Å². The van der Waals surface area contributed by atoms with E-state index < -0.39 is 0 Å². The van der Waals surface area contributed by atoms with Gasteiger partial charge in [0.25, 0.3) is 0 Å². The lowest BCUT2D eigenvalue weighted by atomic mass is 10.1. The highest BCUT2D eigenvalue weighted by molar-refractivity contribution is 9.10. The highest BCUT2D eigenvalue weighted by Gasteiger charge is 2.31. The Bertz CT molecular complexity index is 451. The molecule has 1 saturated heterocycles. The first-order chi connectivity index (χ1) is 7.70. The molecule has 1 unspecified atom stereocenters. The van der Waals surface area contributed by atoms with E-state index in [1.54, 1.807) is 11.0 Å². The van der Waals surface area contributed by atoms with Crippen molar-refractivity contribution in [1.29, 1.82) is 0 Å². The maximum absolute atomic E-state index is 11.7. The third-order valence-corrected chi connectivity index (χ3v) is 2.82. The van der Waals surface area contributed by atoms with Crippen LogP contribution in [0.5, 0.6) is 0 Å². The number of rotatable bonds is 3. The first kappa shape index (κ1) is 11.0. The molecule has 84 valence electrons. The molecular weight excluding hydrogens is 276 g/mol. The van der Waals surface area contributed by atoms with Gasteiger partial charge in [0.2, 0.25) is 5.91 Å². The van der Waals surface area contributed by atoms with Crippen molar-refractivity contribution < 1.29 is 4.79 Å². The summed E-state index contributed by atoms with van der Waals surface area (Å²) in [6, 6.07) is 1.74. The number of halogens is 1. The van der Waals surface area contributed by atoms with Gasteiger partial charge in [0, 0.05) is 30.5 Å². The lowest BCUT2D eigenvalue weighted by Gasteiger charge is -2.11. The fraction of sp³-hybridized carbons (Fsp3) is 0.500. The number of azide groups is 1. The summed E-state index contributed by atoms with van der Waals surface area (Å²) in [5.74, 6) is 0.691. The Kier molecular flexibility index (Phi) is 3.12. The molecule has 7 nitrogen and oxygen atoms in total. The number of carbonyl (C=O) groups excluding carboxylic acids is 1. The van der Waals surface area contributed by atoms with Gasteiger partial charge in [0.15, 0.2) is 5.82 Å². The molecule has 0 aromatic carbocycles. The second-order valence-electron chi connectivity index (χ2n) is 3.56. The van der Waals surface area contributed by atoms with Gasteiger partial charge >= 0.3 is 0 Å². The van der Waals surface area contributed by atoms with Crippen molar-refractivity contribution in [3.05, 3.63) is 21.1 Å². The Balaban J connectivity index is 2.07. The number of aromatic amines is 1. The summed E-state index contributed by atoms with van der Waals surface area (Å²) in [4.78, 5) is 16.0. The molecular formula is C8H9BrN6O. The molecule has 0 saturated carbocycles. The van der Waals surface area contributed by atoms with Crippen molar-refractivity contribution in [3.8, 4) is 0 Å². The molecule has 1 atom stereocenters. The summed E-state index contributed by atoms with van der Waals surface area (Å²) >= 11 is 3.23. The largest absolute Gasteiger partial charge is 0.295 e. The number of H-pyrrole nitrogens is 1. The van der Waals surface area contributed by atoms with Crippen LogP contribution in [0.3, 0.4) is 0 Å². The zero-order chi connectivity index (χ0) is 11.5. The molecule has 2 rings (SSSR count). The van der Waals surface area contributed by atoms with E-state index in [0.29, 0.717) is 25.3 Å². The van der Waals surface area contributed by atoms with Gasteiger partial charge in [-0.25, -0.2) is 0 Å². The standard InChI is InChI=1S/C8H9BrN6O/c9-6-2-7(13-12-6)15-4-5(1-8(15)16)3-11-14-10/h2,5H,1,3-4H2,(H,12,13). The van der Waals surface area contributed by atoms with Gasteiger partial charge in [-0.15, -0.1) is 0 Å². The molecule has 1 N–H and O–H groups in total. The Labute approximate surface area is 99.6 Å². The van der Waals surface area contributed by atoms with Crippen molar-refractivity contribution in [1.82, 2.24) is 10.2 Å². The van der Waals surface area contributed by atoms with Crippen LogP contribution >= 0.6 is 15.9 Å². The number of aromatic nitrogens is 2. The lowest BCUT2D eigenvalue weighted by Crippen LogP contribution is -2.25. The van der Waals surface area contributed by atoms with E-state index in [2.05, 4.69) is 36.2 Å². The molecule has 0 radical (unpaired) electrons. The van der Waals surface area contributed by atoms with Crippen LogP contribution in [0.2, 0.25) is 0 Å². The van der Waals surface area contributed by atoms with E-state index >= 15 is 0 Å². The number of amides is 1. The molecule has 8 heteroatoms. The summed E-state index contributed by atoms with van der Waals surface area (Å²) in [6.45, 7) is 0.902. The molecule has 0 spiro atoms. The molecule has 1 aliphatic heterocycles. The fourth-order valence-electron chi connectivity index (χ4n) is 1.70. The second kappa shape index (κ2) is 4.54. The third kappa shape index (κ3) is 2.17.